The van der Waals surface area contributed by atoms with Crippen LogP contribution in [0.15, 0.2) is 15.6 Å². The normalized spacial score (nSPS) is 26.2. The molecule has 0 nitrogen and oxygen atoms in total. The number of hydrogen-bond acceptors (Lipinski definition) is 0. The second-order valence-electron chi connectivity index (χ2n) is 3.65. The Kier molecular flexibility index (Phi) is 4.64. The van der Waals surface area contributed by atoms with Crippen LogP contribution >= 0.6 is 0 Å². The third kappa shape index (κ3) is 2.23. The topological polar surface area (TPSA) is 0 Å². The first-order valence-corrected chi connectivity index (χ1v) is 14.2. The summed E-state index contributed by atoms with van der Waals surface area (Å²) in [6, 6.07) is 0. The average Bonchev–Trinajstić information content (AvgIpc) is 2.54. The maximum atomic E-state index is 3.83. The Hall–Kier alpha value is 0.348. The highest BCUT2D eigenvalue weighted by molar-refractivity contribution is 6.62. The molecule has 73 valence electrons. The highest BCUT2D eigenvalue weighted by Gasteiger charge is 2.21. The molecule has 1 atom stereocenters. The summed E-state index contributed by atoms with van der Waals surface area (Å²) in [4.78, 5) is 0. The van der Waals surface area contributed by atoms with Crippen molar-refractivity contribution in [1.82, 2.24) is 0 Å². The van der Waals surface area contributed by atoms with Crippen molar-refractivity contribution in [3.8, 4) is 0 Å². The van der Waals surface area contributed by atoms with E-state index < -0.39 is 0 Å². The molecular weight excluding hydrogens is 220 g/mol. The molecule has 1 radical (unpaired) electrons. The van der Waals surface area contributed by atoms with Crippen LogP contribution in [-0.4, -0.2) is 38.1 Å². The Bertz CT molecular complexity index is 242. The molecule has 0 spiro atoms. The van der Waals surface area contributed by atoms with Gasteiger partial charge in [0.05, 0.1) is 19.0 Å². The summed E-state index contributed by atoms with van der Waals surface area (Å²) >= 11 is 0. The van der Waals surface area contributed by atoms with Crippen molar-refractivity contribution in [2.24, 2.45) is 0 Å². The van der Waals surface area contributed by atoms with Crippen molar-refractivity contribution in [2.45, 2.75) is 31.7 Å². The van der Waals surface area contributed by atoms with E-state index in [2.05, 4.69) is 32.3 Å². The van der Waals surface area contributed by atoms with Crippen LogP contribution in [0.2, 0.25) is 31.7 Å². The molecule has 1 aliphatic carbocycles. The zero-order valence-corrected chi connectivity index (χ0v) is 15.1. The van der Waals surface area contributed by atoms with E-state index in [0.717, 1.165) is 5.54 Å². The number of allylic oxidation sites excluding steroid dienone is 4. The molecule has 0 aromatic carbocycles. The van der Waals surface area contributed by atoms with Crippen molar-refractivity contribution in [2.75, 3.05) is 0 Å². The van der Waals surface area contributed by atoms with E-state index in [1.807, 2.05) is 10.4 Å². The van der Waals surface area contributed by atoms with Gasteiger partial charge in [-0.15, -0.1) is 0 Å². The van der Waals surface area contributed by atoms with E-state index in [1.54, 1.807) is 5.20 Å². The molecule has 0 heterocycles. The highest BCUT2D eigenvalue weighted by atomic mass is 28.2. The largest absolute Gasteiger partial charge is 0.0857 e. The smallest absolute Gasteiger partial charge is 0.0518 e. The van der Waals surface area contributed by atoms with E-state index in [4.69, 9.17) is 0 Å². The van der Waals surface area contributed by atoms with Gasteiger partial charge in [-0.25, -0.2) is 0 Å². The lowest BCUT2D eigenvalue weighted by molar-refractivity contribution is 1.30. The van der Waals surface area contributed by atoms with Gasteiger partial charge in [-0.3, -0.25) is 0 Å². The fraction of sp³-hybridized carbons (Fsp3) is 0.556. The average molecular weight is 242 g/mol. The predicted molar refractivity (Wildman–Crippen MR) is 75.2 cm³/mol. The molecule has 1 unspecified atom stereocenters. The second kappa shape index (κ2) is 5.28. The molecule has 1 aliphatic rings. The van der Waals surface area contributed by atoms with Gasteiger partial charge in [0, 0.05) is 19.0 Å². The molecular formula is C9H21Si4. The van der Waals surface area contributed by atoms with Gasteiger partial charge < -0.3 is 0 Å². The zero-order chi connectivity index (χ0) is 9.84. The molecule has 0 bridgehead atoms. The third-order valence-electron chi connectivity index (χ3n) is 3.02. The lowest BCUT2D eigenvalue weighted by Crippen LogP contribution is -2.07. The summed E-state index contributed by atoms with van der Waals surface area (Å²) in [5.74, 6) is 0. The highest BCUT2D eigenvalue weighted by Crippen LogP contribution is 2.32. The molecule has 4 heteroatoms. The van der Waals surface area contributed by atoms with E-state index in [-0.39, 0.29) is 38.1 Å². The first kappa shape index (κ1) is 11.4. The molecule has 0 aliphatic heterocycles. The van der Waals surface area contributed by atoms with Crippen LogP contribution in [-0.2, 0) is 0 Å². The first-order chi connectivity index (χ1) is 6.28. The minimum atomic E-state index is 0.0766. The molecule has 0 aromatic rings. The van der Waals surface area contributed by atoms with E-state index in [1.165, 1.54) is 0 Å². The van der Waals surface area contributed by atoms with Crippen molar-refractivity contribution in [3.05, 3.63) is 21.7 Å². The fourth-order valence-electron chi connectivity index (χ4n) is 2.35. The van der Waals surface area contributed by atoms with E-state index in [0.29, 0.717) is 0 Å². The maximum Gasteiger partial charge on any atom is 0.0518 e. The van der Waals surface area contributed by atoms with Gasteiger partial charge in [0.25, 0.3) is 0 Å². The van der Waals surface area contributed by atoms with Crippen LogP contribution < -0.4 is 0 Å². The van der Waals surface area contributed by atoms with Crippen LogP contribution in [0.3, 0.4) is 0 Å². The second-order valence-corrected chi connectivity index (χ2v) is 9.58. The van der Waals surface area contributed by atoms with Gasteiger partial charge in [0.1, 0.15) is 0 Å². The standard InChI is InChI=1S/C9H21Si4/c1-10-6-5-7(11-2)9(13-4)8(6)12-3/h6H,10-13H2,1-4H3. The molecule has 0 saturated heterocycles. The van der Waals surface area contributed by atoms with E-state index in [9.17, 15) is 0 Å². The Morgan fingerprint density at radius 2 is 1.69 bits per heavy atom. The third-order valence-corrected chi connectivity index (χ3v) is 10.7. The van der Waals surface area contributed by atoms with Crippen LogP contribution in [0.25, 0.3) is 0 Å². The Balaban J connectivity index is 2.96. The summed E-state index contributed by atoms with van der Waals surface area (Å²) < 4.78 is 0. The summed E-state index contributed by atoms with van der Waals surface area (Å²) in [5, 5.41) is 5.62. The summed E-state index contributed by atoms with van der Waals surface area (Å²) in [7, 11) is 0.440. The summed E-state index contributed by atoms with van der Waals surface area (Å²) in [5.41, 5.74) is 0.904. The predicted octanol–water partition coefficient (Wildman–Crippen LogP) is -0.445. The Labute approximate surface area is 91.6 Å². The zero-order valence-electron chi connectivity index (χ0n) is 9.41. The Morgan fingerprint density at radius 3 is 2.08 bits per heavy atom. The number of hydrogen-bond donors (Lipinski definition) is 0. The van der Waals surface area contributed by atoms with Gasteiger partial charge in [-0.05, 0) is 11.6 Å². The van der Waals surface area contributed by atoms with Crippen molar-refractivity contribution in [3.63, 3.8) is 0 Å². The fourth-order valence-corrected chi connectivity index (χ4v) is 12.7. The molecule has 13 heavy (non-hydrogen) atoms. The quantitative estimate of drug-likeness (QED) is 0.585. The van der Waals surface area contributed by atoms with Gasteiger partial charge >= 0.3 is 0 Å². The molecule has 0 aromatic heterocycles. The van der Waals surface area contributed by atoms with Crippen molar-refractivity contribution >= 4 is 38.1 Å². The molecule has 0 saturated carbocycles. The van der Waals surface area contributed by atoms with E-state index >= 15 is 0 Å². The van der Waals surface area contributed by atoms with Crippen LogP contribution in [0.4, 0.5) is 0 Å². The van der Waals surface area contributed by atoms with Crippen molar-refractivity contribution < 1.29 is 0 Å². The minimum absolute atomic E-state index is 0.0766. The SMILES string of the molecule is C[SiH2]C1=[C]C([SiH2]C)C([SiH2]C)=C1[SiH2]C. The minimum Gasteiger partial charge on any atom is -0.0857 e. The molecule has 1 rings (SSSR count). The molecule has 0 N–H and O–H groups in total. The van der Waals surface area contributed by atoms with Crippen LogP contribution in [0.1, 0.15) is 0 Å². The summed E-state index contributed by atoms with van der Waals surface area (Å²) in [6.07, 6.45) is 3.83. The molecule has 0 amide bonds. The first-order valence-electron chi connectivity index (χ1n) is 5.62. The van der Waals surface area contributed by atoms with Gasteiger partial charge in [-0.1, -0.05) is 41.8 Å². The molecule has 0 fully saturated rings. The number of rotatable bonds is 4. The van der Waals surface area contributed by atoms with Crippen LogP contribution in [0.5, 0.6) is 0 Å². The van der Waals surface area contributed by atoms with Gasteiger partial charge in [0.15, 0.2) is 0 Å². The van der Waals surface area contributed by atoms with Gasteiger partial charge in [0.2, 0.25) is 0 Å². The van der Waals surface area contributed by atoms with Gasteiger partial charge in [-0.2, -0.15) is 0 Å². The Morgan fingerprint density at radius 1 is 1.00 bits per heavy atom. The summed E-state index contributed by atoms with van der Waals surface area (Å²) in [6.45, 7) is 9.82. The lowest BCUT2D eigenvalue weighted by Gasteiger charge is -2.10. The lowest BCUT2D eigenvalue weighted by atomic mass is 10.5. The van der Waals surface area contributed by atoms with Crippen LogP contribution in [0, 0.1) is 6.08 Å². The maximum absolute atomic E-state index is 3.83. The monoisotopic (exact) mass is 241 g/mol. The van der Waals surface area contributed by atoms with Crippen molar-refractivity contribution in [1.29, 1.82) is 0 Å².